The van der Waals surface area contributed by atoms with E-state index in [1.807, 2.05) is 24.4 Å². The minimum Gasteiger partial charge on any atom is -0.325 e. The summed E-state index contributed by atoms with van der Waals surface area (Å²) in [6.45, 7) is 1.61. The molecular formula is C28H20F3N3O4S3. The fourth-order valence-electron chi connectivity index (χ4n) is 5.09. The summed E-state index contributed by atoms with van der Waals surface area (Å²) < 4.78 is 41.6. The highest BCUT2D eigenvalue weighted by Crippen LogP contribution is 2.54. The van der Waals surface area contributed by atoms with Crippen LogP contribution in [0, 0.1) is 12.8 Å². The molecule has 6 rings (SSSR count). The van der Waals surface area contributed by atoms with Gasteiger partial charge in [-0.3, -0.25) is 23.7 Å². The van der Waals surface area contributed by atoms with Crippen LogP contribution >= 0.6 is 34.4 Å². The zero-order chi connectivity index (χ0) is 29.1. The van der Waals surface area contributed by atoms with Crippen molar-refractivity contribution in [1.82, 2.24) is 4.57 Å². The van der Waals surface area contributed by atoms with Crippen molar-refractivity contribution < 1.29 is 27.6 Å². The molecule has 3 atom stereocenters. The zero-order valence-corrected chi connectivity index (χ0v) is 23.6. The molecule has 13 heteroatoms. The number of aryl methyl sites for hydroxylation is 1. The maximum absolute atomic E-state index is 13.8. The van der Waals surface area contributed by atoms with Crippen LogP contribution in [-0.4, -0.2) is 27.5 Å². The Morgan fingerprint density at radius 3 is 2.44 bits per heavy atom. The van der Waals surface area contributed by atoms with Crippen molar-refractivity contribution in [2.45, 2.75) is 35.8 Å². The minimum atomic E-state index is -4.65. The topological polar surface area (TPSA) is 88.5 Å². The molecule has 2 aromatic carbocycles. The molecule has 2 aliphatic rings. The van der Waals surface area contributed by atoms with Crippen molar-refractivity contribution >= 4 is 63.5 Å². The summed E-state index contributed by atoms with van der Waals surface area (Å²) in [5.41, 5.74) is 0.454. The summed E-state index contributed by atoms with van der Waals surface area (Å²) in [5.74, 6) is -3.32. The van der Waals surface area contributed by atoms with Gasteiger partial charge in [0.25, 0.3) is 0 Å². The largest absolute Gasteiger partial charge is 0.416 e. The fourth-order valence-corrected chi connectivity index (χ4v) is 8.81. The smallest absolute Gasteiger partial charge is 0.325 e. The van der Waals surface area contributed by atoms with Gasteiger partial charge in [0, 0.05) is 21.4 Å². The molecule has 7 nitrogen and oxygen atoms in total. The number of fused-ring (bicyclic) bond motifs is 2. The summed E-state index contributed by atoms with van der Waals surface area (Å²) in [7, 11) is 0. The predicted molar refractivity (Wildman–Crippen MR) is 152 cm³/mol. The number of amides is 3. The third-order valence-electron chi connectivity index (χ3n) is 6.97. The number of alkyl halides is 3. The molecule has 0 radical (unpaired) electrons. The average molecular weight is 616 g/mol. The normalized spacial score (nSPS) is 20.2. The van der Waals surface area contributed by atoms with Crippen LogP contribution in [0.3, 0.4) is 0 Å². The second kappa shape index (κ2) is 10.3. The number of hydrogen-bond acceptors (Lipinski definition) is 7. The highest BCUT2D eigenvalue weighted by atomic mass is 32.2. The van der Waals surface area contributed by atoms with Crippen LogP contribution in [0.25, 0.3) is 0 Å². The summed E-state index contributed by atoms with van der Waals surface area (Å²) in [6, 6.07) is 14.9. The van der Waals surface area contributed by atoms with Crippen molar-refractivity contribution in [1.29, 1.82) is 0 Å². The first-order chi connectivity index (χ1) is 19.5. The molecule has 1 fully saturated rings. The van der Waals surface area contributed by atoms with Gasteiger partial charge in [-0.1, -0.05) is 52.9 Å². The third kappa shape index (κ3) is 4.91. The third-order valence-corrected chi connectivity index (χ3v) is 10.5. The zero-order valence-electron chi connectivity index (χ0n) is 21.2. The summed E-state index contributed by atoms with van der Waals surface area (Å²) in [5, 5.41) is 4.00. The number of thiophene rings is 1. The highest BCUT2D eigenvalue weighted by molar-refractivity contribution is 8.00. The number of imide groups is 1. The van der Waals surface area contributed by atoms with Gasteiger partial charge in [0.15, 0.2) is 0 Å². The number of halogens is 3. The van der Waals surface area contributed by atoms with Crippen LogP contribution in [0.2, 0.25) is 0 Å². The SMILES string of the molecule is Cc1ccc(NC(=O)Cn2c3c(sc2=O)[C@@H](c2cccs2)C2C(=O)N(c4cccc(C(F)(F)F)c4)C(=O)C2S3)cc1. The number of carbonyl (C=O) groups excluding carboxylic acids is 3. The summed E-state index contributed by atoms with van der Waals surface area (Å²) in [6.07, 6.45) is -4.65. The Labute approximate surface area is 243 Å². The number of anilines is 2. The lowest BCUT2D eigenvalue weighted by atomic mass is 9.87. The maximum atomic E-state index is 13.8. The van der Waals surface area contributed by atoms with E-state index in [2.05, 4.69) is 5.32 Å². The number of nitrogens with zero attached hydrogens (tertiary/aromatic N) is 2. The molecule has 41 heavy (non-hydrogen) atoms. The van der Waals surface area contributed by atoms with E-state index >= 15 is 0 Å². The molecule has 0 bridgehead atoms. The van der Waals surface area contributed by atoms with Crippen LogP contribution in [-0.2, 0) is 27.1 Å². The van der Waals surface area contributed by atoms with E-state index in [0.29, 0.717) is 15.6 Å². The molecule has 0 aliphatic carbocycles. The molecule has 2 aromatic heterocycles. The van der Waals surface area contributed by atoms with Crippen molar-refractivity contribution in [2.24, 2.45) is 5.92 Å². The second-order valence-corrected chi connectivity index (χ2v) is 12.8. The van der Waals surface area contributed by atoms with Gasteiger partial charge in [0.2, 0.25) is 17.7 Å². The standard InChI is InChI=1S/C28H20F3N3O4S3/c1-14-7-9-16(10-8-14)32-19(35)13-33-26-23(41-27(33)38)20(18-6-3-11-39-18)21-22(40-26)25(37)34(24(21)36)17-5-2-4-15(12-17)28(29,30)31/h2-12,20-22H,13H2,1H3,(H,32,35)/t20-,21?,22?/m0/s1. The van der Waals surface area contributed by atoms with Gasteiger partial charge in [0.05, 0.1) is 22.2 Å². The van der Waals surface area contributed by atoms with Crippen molar-refractivity contribution in [3.63, 3.8) is 0 Å². The number of thiazole rings is 1. The second-order valence-electron chi connectivity index (χ2n) is 9.66. The fraction of sp³-hybridized carbons (Fsp3) is 0.214. The van der Waals surface area contributed by atoms with Crippen molar-refractivity contribution in [2.75, 3.05) is 10.2 Å². The molecule has 2 aliphatic heterocycles. The Morgan fingerprint density at radius 1 is 1.00 bits per heavy atom. The van der Waals surface area contributed by atoms with Gasteiger partial charge in [0.1, 0.15) is 11.8 Å². The minimum absolute atomic E-state index is 0.159. The number of hydrogen-bond donors (Lipinski definition) is 1. The highest BCUT2D eigenvalue weighted by Gasteiger charge is 2.57. The maximum Gasteiger partial charge on any atom is 0.416 e. The predicted octanol–water partition coefficient (Wildman–Crippen LogP) is 5.73. The molecule has 0 saturated carbocycles. The average Bonchev–Trinajstić information content (AvgIpc) is 3.62. The molecule has 1 saturated heterocycles. The number of benzene rings is 2. The van der Waals surface area contributed by atoms with Crippen LogP contribution in [0.1, 0.15) is 26.8 Å². The van der Waals surface area contributed by atoms with Crippen LogP contribution in [0.5, 0.6) is 0 Å². The van der Waals surface area contributed by atoms with E-state index < -0.39 is 51.4 Å². The van der Waals surface area contributed by atoms with Crippen LogP contribution in [0.4, 0.5) is 24.5 Å². The lowest BCUT2D eigenvalue weighted by Gasteiger charge is -2.29. The molecule has 210 valence electrons. The van der Waals surface area contributed by atoms with E-state index in [1.165, 1.54) is 22.0 Å². The Hall–Kier alpha value is -3.68. The molecular weight excluding hydrogens is 596 g/mol. The molecule has 3 amide bonds. The molecule has 4 heterocycles. The van der Waals surface area contributed by atoms with Crippen LogP contribution in [0.15, 0.2) is 75.9 Å². The van der Waals surface area contributed by atoms with E-state index in [0.717, 1.165) is 56.6 Å². The first-order valence-corrected chi connectivity index (χ1v) is 15.0. The Balaban J connectivity index is 1.38. The number of aromatic nitrogens is 1. The van der Waals surface area contributed by atoms with Crippen LogP contribution < -0.4 is 15.1 Å². The van der Waals surface area contributed by atoms with Gasteiger partial charge in [-0.25, -0.2) is 4.90 Å². The lowest BCUT2D eigenvalue weighted by Crippen LogP contribution is -2.32. The van der Waals surface area contributed by atoms with Gasteiger partial charge < -0.3 is 5.32 Å². The van der Waals surface area contributed by atoms with Gasteiger partial charge >= 0.3 is 11.0 Å². The number of carbonyl (C=O) groups is 3. The first-order valence-electron chi connectivity index (χ1n) is 12.4. The molecule has 2 unspecified atom stereocenters. The Bertz CT molecular complexity index is 1730. The summed E-state index contributed by atoms with van der Waals surface area (Å²) >= 11 is 3.28. The van der Waals surface area contributed by atoms with Gasteiger partial charge in [-0.15, -0.1) is 11.3 Å². The Kier molecular flexibility index (Phi) is 6.91. The number of rotatable bonds is 5. The quantitative estimate of drug-likeness (QED) is 0.290. The van der Waals surface area contributed by atoms with Crippen molar-refractivity contribution in [3.8, 4) is 0 Å². The first kappa shape index (κ1) is 27.5. The van der Waals surface area contributed by atoms with E-state index in [-0.39, 0.29) is 12.2 Å². The van der Waals surface area contributed by atoms with Crippen molar-refractivity contribution in [3.05, 3.63) is 96.6 Å². The Morgan fingerprint density at radius 2 is 1.76 bits per heavy atom. The molecule has 4 aromatic rings. The number of nitrogens with one attached hydrogen (secondary N) is 1. The summed E-state index contributed by atoms with van der Waals surface area (Å²) in [4.78, 5) is 55.3. The van der Waals surface area contributed by atoms with E-state index in [4.69, 9.17) is 0 Å². The van der Waals surface area contributed by atoms with E-state index in [9.17, 15) is 32.3 Å². The van der Waals surface area contributed by atoms with Gasteiger partial charge in [-0.2, -0.15) is 13.2 Å². The number of thioether (sulfide) groups is 1. The molecule has 0 spiro atoms. The van der Waals surface area contributed by atoms with E-state index in [1.54, 1.807) is 24.3 Å². The monoisotopic (exact) mass is 615 g/mol. The lowest BCUT2D eigenvalue weighted by molar-refractivity contribution is -0.137. The molecule has 1 N–H and O–H groups in total. The van der Waals surface area contributed by atoms with Gasteiger partial charge in [-0.05, 0) is 48.7 Å².